The highest BCUT2D eigenvalue weighted by atomic mass is 16.2. The van der Waals surface area contributed by atoms with Crippen LogP contribution in [-0.2, 0) is 4.79 Å². The van der Waals surface area contributed by atoms with Crippen LogP contribution in [0.1, 0.15) is 37.5 Å². The lowest BCUT2D eigenvalue weighted by Crippen LogP contribution is -2.39. The Morgan fingerprint density at radius 2 is 1.91 bits per heavy atom. The Morgan fingerprint density at radius 3 is 2.57 bits per heavy atom. The van der Waals surface area contributed by atoms with E-state index in [1.807, 2.05) is 37.3 Å². The molecule has 1 aliphatic heterocycles. The fourth-order valence-electron chi connectivity index (χ4n) is 3.19. The van der Waals surface area contributed by atoms with E-state index in [0.29, 0.717) is 11.4 Å². The van der Waals surface area contributed by atoms with Gasteiger partial charge in [0.2, 0.25) is 5.91 Å². The zero-order valence-electron chi connectivity index (χ0n) is 13.7. The summed E-state index contributed by atoms with van der Waals surface area (Å²) in [4.78, 5) is 31.4. The number of nitrogens with zero attached hydrogens (tertiary/aromatic N) is 3. The van der Waals surface area contributed by atoms with Crippen LogP contribution in [0.4, 0.5) is 0 Å². The molecule has 120 valence electrons. The summed E-state index contributed by atoms with van der Waals surface area (Å²) in [6.45, 7) is 2.01. The first-order valence-electron chi connectivity index (χ1n) is 7.88. The number of amides is 1. The van der Waals surface area contributed by atoms with Crippen molar-refractivity contribution in [2.24, 2.45) is 0 Å². The highest BCUT2D eigenvalue weighted by Crippen LogP contribution is 2.32. The van der Waals surface area contributed by atoms with Gasteiger partial charge in [0.15, 0.2) is 0 Å². The molecule has 0 radical (unpaired) electrons. The molecule has 5 heteroatoms. The van der Waals surface area contributed by atoms with Crippen LogP contribution in [0.3, 0.4) is 0 Å². The highest BCUT2D eigenvalue weighted by molar-refractivity contribution is 5.82. The van der Waals surface area contributed by atoms with Crippen LogP contribution < -0.4 is 5.56 Å². The van der Waals surface area contributed by atoms with Crippen molar-refractivity contribution >= 4 is 5.91 Å². The number of hydrogen-bond acceptors (Lipinski definition) is 3. The minimum atomic E-state index is -0.335. The van der Waals surface area contributed by atoms with Crippen molar-refractivity contribution in [2.75, 3.05) is 14.1 Å². The maximum atomic E-state index is 13.0. The topological polar surface area (TPSA) is 55.2 Å². The fraction of sp³-hybridized carbons (Fsp3) is 0.389. The summed E-state index contributed by atoms with van der Waals surface area (Å²) in [7, 11) is 3.47. The number of hydrogen-bond donors (Lipinski definition) is 0. The van der Waals surface area contributed by atoms with Crippen molar-refractivity contribution in [3.8, 4) is 11.1 Å². The highest BCUT2D eigenvalue weighted by Gasteiger charge is 2.33. The minimum absolute atomic E-state index is 0.00464. The van der Waals surface area contributed by atoms with Gasteiger partial charge in [-0.2, -0.15) is 0 Å². The number of benzene rings is 1. The van der Waals surface area contributed by atoms with Gasteiger partial charge in [0.25, 0.3) is 5.56 Å². The molecule has 5 nitrogen and oxygen atoms in total. The molecule has 2 atom stereocenters. The second-order valence-electron chi connectivity index (χ2n) is 6.28. The Labute approximate surface area is 135 Å². The summed E-state index contributed by atoms with van der Waals surface area (Å²) >= 11 is 0. The lowest BCUT2D eigenvalue weighted by atomic mass is 9.92. The summed E-state index contributed by atoms with van der Waals surface area (Å²) in [5.74, 6) is 0.260. The maximum absolute atomic E-state index is 13.0. The van der Waals surface area contributed by atoms with E-state index < -0.39 is 0 Å². The number of likely N-dealkylation sites (N-methyl/N-ethyl adjacent to an activating group) is 1. The van der Waals surface area contributed by atoms with Gasteiger partial charge in [0.1, 0.15) is 5.82 Å². The third-order valence-electron chi connectivity index (χ3n) is 4.47. The molecule has 0 aliphatic carbocycles. The van der Waals surface area contributed by atoms with Crippen LogP contribution in [0.5, 0.6) is 0 Å². The van der Waals surface area contributed by atoms with E-state index in [9.17, 15) is 9.59 Å². The van der Waals surface area contributed by atoms with E-state index in [1.54, 1.807) is 29.8 Å². The van der Waals surface area contributed by atoms with Crippen molar-refractivity contribution < 1.29 is 4.79 Å². The van der Waals surface area contributed by atoms with Crippen molar-refractivity contribution in [3.63, 3.8) is 0 Å². The first-order chi connectivity index (χ1) is 11.0. The van der Waals surface area contributed by atoms with Gasteiger partial charge in [-0.25, -0.2) is 4.98 Å². The molecule has 3 rings (SSSR count). The van der Waals surface area contributed by atoms with Gasteiger partial charge in [0.05, 0.1) is 11.5 Å². The SMILES string of the molecule is CC1CCC(C(=O)N(C)C)c2ncc(-c3ccccc3)c(=O)n21. The van der Waals surface area contributed by atoms with E-state index in [4.69, 9.17) is 0 Å². The molecule has 2 aromatic rings. The van der Waals surface area contributed by atoms with Crippen molar-refractivity contribution in [1.82, 2.24) is 14.5 Å². The molecule has 2 unspecified atom stereocenters. The van der Waals surface area contributed by atoms with Crippen molar-refractivity contribution in [1.29, 1.82) is 0 Å². The van der Waals surface area contributed by atoms with Crippen LogP contribution in [0.25, 0.3) is 11.1 Å². The quantitative estimate of drug-likeness (QED) is 0.856. The van der Waals surface area contributed by atoms with Gasteiger partial charge in [-0.05, 0) is 25.3 Å². The van der Waals surface area contributed by atoms with Crippen molar-refractivity contribution in [3.05, 3.63) is 52.7 Å². The molecule has 0 bridgehead atoms. The van der Waals surface area contributed by atoms with Crippen LogP contribution >= 0.6 is 0 Å². The van der Waals surface area contributed by atoms with Gasteiger partial charge in [0, 0.05) is 26.3 Å². The molecule has 0 saturated carbocycles. The Hall–Kier alpha value is -2.43. The van der Waals surface area contributed by atoms with Crippen LogP contribution in [0.2, 0.25) is 0 Å². The molecule has 1 aromatic heterocycles. The lowest BCUT2D eigenvalue weighted by Gasteiger charge is -2.31. The number of rotatable bonds is 2. The molecule has 0 N–H and O–H groups in total. The summed E-state index contributed by atoms with van der Waals surface area (Å²) in [5, 5.41) is 0. The van der Waals surface area contributed by atoms with Gasteiger partial charge in [-0.15, -0.1) is 0 Å². The Morgan fingerprint density at radius 1 is 1.22 bits per heavy atom. The molecule has 1 amide bonds. The average molecular weight is 311 g/mol. The van der Waals surface area contributed by atoms with Crippen LogP contribution in [0, 0.1) is 0 Å². The van der Waals surface area contributed by atoms with Gasteiger partial charge >= 0.3 is 0 Å². The molecule has 1 aliphatic rings. The second kappa shape index (κ2) is 5.99. The summed E-state index contributed by atoms with van der Waals surface area (Å²) < 4.78 is 1.71. The summed E-state index contributed by atoms with van der Waals surface area (Å²) in [6, 6.07) is 9.59. The first kappa shape index (κ1) is 15.5. The molecule has 0 spiro atoms. The Bertz CT molecular complexity index is 781. The maximum Gasteiger partial charge on any atom is 0.261 e. The zero-order valence-corrected chi connectivity index (χ0v) is 13.7. The van der Waals surface area contributed by atoms with Gasteiger partial charge < -0.3 is 4.90 Å². The summed E-state index contributed by atoms with van der Waals surface area (Å²) in [5.41, 5.74) is 1.37. The number of aromatic nitrogens is 2. The predicted molar refractivity (Wildman–Crippen MR) is 89.3 cm³/mol. The second-order valence-corrected chi connectivity index (χ2v) is 6.28. The minimum Gasteiger partial charge on any atom is -0.348 e. The van der Waals surface area contributed by atoms with Crippen LogP contribution in [-0.4, -0.2) is 34.5 Å². The van der Waals surface area contributed by atoms with E-state index in [1.165, 1.54) is 0 Å². The first-order valence-corrected chi connectivity index (χ1v) is 7.88. The lowest BCUT2D eigenvalue weighted by molar-refractivity contribution is -0.131. The van der Waals surface area contributed by atoms with E-state index in [2.05, 4.69) is 4.98 Å². The van der Waals surface area contributed by atoms with E-state index >= 15 is 0 Å². The molecule has 0 saturated heterocycles. The third kappa shape index (κ3) is 2.67. The number of carbonyl (C=O) groups is 1. The monoisotopic (exact) mass is 311 g/mol. The normalized spacial score (nSPS) is 20.0. The predicted octanol–water partition coefficient (Wildman–Crippen LogP) is 2.44. The standard InChI is InChI=1S/C18H21N3O2/c1-12-9-10-14(17(22)20(2)3)16-19-11-15(18(23)21(12)16)13-7-5-4-6-8-13/h4-8,11-12,14H,9-10H2,1-3H3. The van der Waals surface area contributed by atoms with Crippen LogP contribution in [0.15, 0.2) is 41.3 Å². The van der Waals surface area contributed by atoms with E-state index in [0.717, 1.165) is 18.4 Å². The molecule has 0 fully saturated rings. The molecule has 2 heterocycles. The molecular weight excluding hydrogens is 290 g/mol. The fourth-order valence-corrected chi connectivity index (χ4v) is 3.19. The Kier molecular flexibility index (Phi) is 4.03. The van der Waals surface area contributed by atoms with Gasteiger partial charge in [-0.1, -0.05) is 30.3 Å². The molecule has 1 aromatic carbocycles. The number of carbonyl (C=O) groups excluding carboxylic acids is 1. The van der Waals surface area contributed by atoms with Crippen molar-refractivity contribution in [2.45, 2.75) is 31.7 Å². The number of fused-ring (bicyclic) bond motifs is 1. The zero-order chi connectivity index (χ0) is 16.6. The average Bonchev–Trinajstić information content (AvgIpc) is 2.55. The summed E-state index contributed by atoms with van der Waals surface area (Å²) in [6.07, 6.45) is 3.14. The Balaban J connectivity index is 2.14. The third-order valence-corrected chi connectivity index (χ3v) is 4.47. The smallest absolute Gasteiger partial charge is 0.261 e. The molecular formula is C18H21N3O2. The van der Waals surface area contributed by atoms with Gasteiger partial charge in [-0.3, -0.25) is 14.2 Å². The van der Waals surface area contributed by atoms with E-state index in [-0.39, 0.29) is 23.4 Å². The largest absolute Gasteiger partial charge is 0.348 e. The molecule has 23 heavy (non-hydrogen) atoms.